The quantitative estimate of drug-likeness (QED) is 0.933. The smallest absolute Gasteiger partial charge is 0.306 e. The van der Waals surface area contributed by atoms with E-state index in [1.165, 1.54) is 11.1 Å². The van der Waals surface area contributed by atoms with Gasteiger partial charge in [0.2, 0.25) is 0 Å². The van der Waals surface area contributed by atoms with Crippen molar-refractivity contribution in [3.8, 4) is 0 Å². The zero-order chi connectivity index (χ0) is 14.7. The van der Waals surface area contributed by atoms with E-state index in [1.54, 1.807) is 17.3 Å². The number of aromatic nitrogens is 1. The molecule has 1 aromatic heterocycles. The highest BCUT2D eigenvalue weighted by molar-refractivity contribution is 6.03. The van der Waals surface area contributed by atoms with Crippen molar-refractivity contribution < 1.29 is 4.79 Å². The topological polar surface area (TPSA) is 45.2 Å². The second-order valence-corrected chi connectivity index (χ2v) is 5.29. The molecule has 3 rings (SSSR count). The van der Waals surface area contributed by atoms with E-state index in [4.69, 9.17) is 0 Å². The Kier molecular flexibility index (Phi) is 3.86. The molecule has 0 bridgehead atoms. The number of amides is 2. The van der Waals surface area contributed by atoms with E-state index in [2.05, 4.69) is 35.4 Å². The van der Waals surface area contributed by atoms with Gasteiger partial charge < -0.3 is 5.32 Å². The zero-order valence-electron chi connectivity index (χ0n) is 12.2. The summed E-state index contributed by atoms with van der Waals surface area (Å²) in [5.41, 5.74) is 4.36. The van der Waals surface area contributed by atoms with Crippen molar-refractivity contribution in [3.05, 3.63) is 53.9 Å². The van der Waals surface area contributed by atoms with E-state index in [-0.39, 0.29) is 6.03 Å². The van der Waals surface area contributed by atoms with Crippen LogP contribution in [0.25, 0.3) is 0 Å². The van der Waals surface area contributed by atoms with Gasteiger partial charge in [-0.3, -0.25) is 9.88 Å². The fraction of sp³-hybridized carbons (Fsp3) is 0.294. The molecule has 4 heteroatoms. The van der Waals surface area contributed by atoms with Gasteiger partial charge in [-0.1, -0.05) is 25.5 Å². The average Bonchev–Trinajstić information content (AvgIpc) is 2.92. The highest BCUT2D eigenvalue weighted by Crippen LogP contribution is 2.29. The van der Waals surface area contributed by atoms with E-state index in [0.717, 1.165) is 37.2 Å². The van der Waals surface area contributed by atoms with Crippen molar-refractivity contribution in [2.75, 3.05) is 16.8 Å². The van der Waals surface area contributed by atoms with Crippen molar-refractivity contribution in [2.24, 2.45) is 0 Å². The van der Waals surface area contributed by atoms with Crippen LogP contribution in [-0.4, -0.2) is 17.6 Å². The first kappa shape index (κ1) is 13.6. The maximum atomic E-state index is 12.4. The number of carbonyl (C=O) groups excluding carboxylic acids is 1. The van der Waals surface area contributed by atoms with Gasteiger partial charge in [0.1, 0.15) is 0 Å². The highest BCUT2D eigenvalue weighted by atomic mass is 16.2. The fourth-order valence-electron chi connectivity index (χ4n) is 2.74. The molecule has 1 aliphatic rings. The van der Waals surface area contributed by atoms with Gasteiger partial charge in [0.05, 0.1) is 11.9 Å². The second kappa shape index (κ2) is 5.95. The molecule has 0 saturated carbocycles. The number of fused-ring (bicyclic) bond motifs is 1. The van der Waals surface area contributed by atoms with Gasteiger partial charge in [0.25, 0.3) is 0 Å². The number of aryl methyl sites for hydroxylation is 1. The Bertz CT molecular complexity index is 640. The molecule has 4 nitrogen and oxygen atoms in total. The molecule has 2 heterocycles. The normalized spacial score (nSPS) is 13.1. The van der Waals surface area contributed by atoms with Gasteiger partial charge in [-0.2, -0.15) is 0 Å². The first-order chi connectivity index (χ1) is 10.3. The van der Waals surface area contributed by atoms with Gasteiger partial charge >= 0.3 is 6.03 Å². The van der Waals surface area contributed by atoms with Crippen molar-refractivity contribution >= 4 is 17.4 Å². The van der Waals surface area contributed by atoms with Gasteiger partial charge in [0.15, 0.2) is 0 Å². The molecule has 0 atom stereocenters. The summed E-state index contributed by atoms with van der Waals surface area (Å²) in [4.78, 5) is 18.2. The fourth-order valence-corrected chi connectivity index (χ4v) is 2.74. The van der Waals surface area contributed by atoms with E-state index in [0.29, 0.717) is 0 Å². The molecular weight excluding hydrogens is 262 g/mol. The first-order valence-corrected chi connectivity index (χ1v) is 7.38. The molecule has 1 aliphatic heterocycles. The van der Waals surface area contributed by atoms with Crippen LogP contribution in [0.4, 0.5) is 16.2 Å². The predicted octanol–water partition coefficient (Wildman–Crippen LogP) is 3.63. The molecular formula is C17H19N3O. The molecule has 2 aromatic rings. The number of hydrogen-bond donors (Lipinski definition) is 1. The van der Waals surface area contributed by atoms with E-state index in [9.17, 15) is 4.79 Å². The summed E-state index contributed by atoms with van der Waals surface area (Å²) in [5.74, 6) is 0. The molecule has 0 aliphatic carbocycles. The Morgan fingerprint density at radius 3 is 3.05 bits per heavy atom. The summed E-state index contributed by atoms with van der Waals surface area (Å²) < 4.78 is 0. The minimum atomic E-state index is -0.0926. The van der Waals surface area contributed by atoms with Crippen molar-refractivity contribution in [3.63, 3.8) is 0 Å². The summed E-state index contributed by atoms with van der Waals surface area (Å²) >= 11 is 0. The monoisotopic (exact) mass is 281 g/mol. The number of carbonyl (C=O) groups is 1. The number of benzene rings is 1. The lowest BCUT2D eigenvalue weighted by atomic mass is 10.1. The third-order valence-electron chi connectivity index (χ3n) is 3.74. The Morgan fingerprint density at radius 1 is 1.38 bits per heavy atom. The van der Waals surface area contributed by atoms with Gasteiger partial charge in [0, 0.05) is 18.4 Å². The molecule has 1 N–H and O–H groups in total. The molecule has 0 saturated heterocycles. The molecule has 108 valence electrons. The lowest BCUT2D eigenvalue weighted by Crippen LogP contribution is -2.33. The number of rotatable bonds is 3. The number of anilines is 2. The van der Waals surface area contributed by atoms with Gasteiger partial charge in [-0.15, -0.1) is 0 Å². The molecule has 0 spiro atoms. The van der Waals surface area contributed by atoms with Crippen LogP contribution in [0.2, 0.25) is 0 Å². The van der Waals surface area contributed by atoms with E-state index in [1.807, 2.05) is 12.1 Å². The Labute approximate surface area is 124 Å². The highest BCUT2D eigenvalue weighted by Gasteiger charge is 2.24. The van der Waals surface area contributed by atoms with Crippen molar-refractivity contribution in [1.82, 2.24) is 4.98 Å². The summed E-state index contributed by atoms with van der Waals surface area (Å²) in [6.07, 6.45) is 6.50. The maximum absolute atomic E-state index is 12.4. The van der Waals surface area contributed by atoms with Crippen LogP contribution >= 0.6 is 0 Å². The molecule has 0 radical (unpaired) electrons. The lowest BCUT2D eigenvalue weighted by molar-refractivity contribution is 0.257. The number of nitrogens with one attached hydrogen (secondary N) is 1. The van der Waals surface area contributed by atoms with Crippen molar-refractivity contribution in [2.45, 2.75) is 26.2 Å². The maximum Gasteiger partial charge on any atom is 0.326 e. The summed E-state index contributed by atoms with van der Waals surface area (Å²) in [6.45, 7) is 2.91. The van der Waals surface area contributed by atoms with Crippen LogP contribution in [0.15, 0.2) is 42.7 Å². The van der Waals surface area contributed by atoms with Crippen molar-refractivity contribution in [1.29, 1.82) is 0 Å². The Hall–Kier alpha value is -2.36. The minimum absolute atomic E-state index is 0.0926. The van der Waals surface area contributed by atoms with Crippen LogP contribution in [0.1, 0.15) is 24.5 Å². The molecule has 0 unspecified atom stereocenters. The summed E-state index contributed by atoms with van der Waals surface area (Å²) in [7, 11) is 0. The van der Waals surface area contributed by atoms with Gasteiger partial charge in [-0.25, -0.2) is 4.79 Å². The van der Waals surface area contributed by atoms with Crippen LogP contribution in [-0.2, 0) is 12.8 Å². The molecule has 1 aromatic carbocycles. The van der Waals surface area contributed by atoms with E-state index < -0.39 is 0 Å². The van der Waals surface area contributed by atoms with Crippen LogP contribution in [0, 0.1) is 0 Å². The van der Waals surface area contributed by atoms with Gasteiger partial charge in [-0.05, 0) is 42.2 Å². The minimum Gasteiger partial charge on any atom is -0.306 e. The standard InChI is InChI=1S/C17H19N3O/c1-2-4-13-6-7-16-14(11-13)8-10-20(16)17(21)19-15-5-3-9-18-12-15/h3,5-7,9,11-12H,2,4,8,10H2,1H3,(H,19,21). The number of pyridine rings is 1. The van der Waals surface area contributed by atoms with Crippen LogP contribution in [0.5, 0.6) is 0 Å². The Balaban J connectivity index is 1.76. The van der Waals surface area contributed by atoms with Crippen LogP contribution < -0.4 is 10.2 Å². The second-order valence-electron chi connectivity index (χ2n) is 5.29. The average molecular weight is 281 g/mol. The van der Waals surface area contributed by atoms with E-state index >= 15 is 0 Å². The zero-order valence-corrected chi connectivity index (χ0v) is 12.2. The van der Waals surface area contributed by atoms with Crippen LogP contribution in [0.3, 0.4) is 0 Å². The number of urea groups is 1. The summed E-state index contributed by atoms with van der Waals surface area (Å²) in [5, 5.41) is 2.89. The first-order valence-electron chi connectivity index (χ1n) is 7.38. The molecule has 0 fully saturated rings. The molecule has 2 amide bonds. The predicted molar refractivity (Wildman–Crippen MR) is 84.7 cm³/mol. The largest absolute Gasteiger partial charge is 0.326 e. The number of hydrogen-bond acceptors (Lipinski definition) is 2. The molecule has 21 heavy (non-hydrogen) atoms. The summed E-state index contributed by atoms with van der Waals surface area (Å²) in [6, 6.07) is 9.98. The SMILES string of the molecule is CCCc1ccc2c(c1)CCN2C(=O)Nc1cccnc1. The lowest BCUT2D eigenvalue weighted by Gasteiger charge is -2.18. The number of nitrogens with zero attached hydrogens (tertiary/aromatic N) is 2. The third kappa shape index (κ3) is 2.89. The third-order valence-corrected chi connectivity index (χ3v) is 3.74. The Morgan fingerprint density at radius 2 is 2.29 bits per heavy atom.